The van der Waals surface area contributed by atoms with Crippen LogP contribution in [0.2, 0.25) is 0 Å². The fraction of sp³-hybridized carbons (Fsp3) is 0.0455. The number of benzene rings is 2. The molecule has 0 aliphatic heterocycles. The van der Waals surface area contributed by atoms with Crippen LogP contribution in [0.5, 0.6) is 5.75 Å². The lowest BCUT2D eigenvalue weighted by Gasteiger charge is -2.08. The number of phenolic OH excluding ortho intramolecular Hbond substituents is 1. The van der Waals surface area contributed by atoms with E-state index in [1.807, 2.05) is 0 Å². The molecule has 7 heteroatoms. The fourth-order valence-corrected chi connectivity index (χ4v) is 2.96. The molecule has 0 aliphatic carbocycles. The van der Waals surface area contributed by atoms with Crippen LogP contribution in [-0.4, -0.2) is 21.0 Å². The number of carbonyl (C=O) groups excluding carboxylic acids is 1. The molecule has 0 aliphatic rings. The average molecular weight is 389 g/mol. The van der Waals surface area contributed by atoms with Crippen molar-refractivity contribution in [2.45, 2.75) is 6.92 Å². The van der Waals surface area contributed by atoms with Gasteiger partial charge in [-0.25, -0.2) is 9.37 Å². The zero-order valence-corrected chi connectivity index (χ0v) is 15.4. The Morgan fingerprint density at radius 1 is 1.03 bits per heavy atom. The van der Waals surface area contributed by atoms with Gasteiger partial charge in [-0.05, 0) is 35.9 Å². The molecular formula is C22H16FN3O3. The predicted molar refractivity (Wildman–Crippen MR) is 107 cm³/mol. The molecule has 0 atom stereocenters. The summed E-state index contributed by atoms with van der Waals surface area (Å²) < 4.78 is 19.0. The molecule has 0 saturated heterocycles. The van der Waals surface area contributed by atoms with Gasteiger partial charge in [-0.2, -0.15) is 0 Å². The molecule has 0 saturated carbocycles. The molecule has 0 fully saturated rings. The van der Waals surface area contributed by atoms with Crippen molar-refractivity contribution in [2.75, 3.05) is 5.32 Å². The standard InChI is InChI=1S/C22H16FN3O3/c1-13(27)25-22-19(15-4-3-11-24-12-15)26-21(29-22)18-6-2-5-17(20(18)28)14-7-9-16(23)10-8-14/h2-12,28H,1H3,(H,25,27). The first-order chi connectivity index (χ1) is 14.0. The third-order valence-electron chi connectivity index (χ3n) is 4.27. The highest BCUT2D eigenvalue weighted by molar-refractivity contribution is 5.92. The molecule has 2 aromatic carbocycles. The number of hydrogen-bond donors (Lipinski definition) is 2. The topological polar surface area (TPSA) is 88.2 Å². The molecule has 0 radical (unpaired) electrons. The molecular weight excluding hydrogens is 373 g/mol. The number of anilines is 1. The van der Waals surface area contributed by atoms with Gasteiger partial charge in [0.2, 0.25) is 17.7 Å². The lowest BCUT2D eigenvalue weighted by Crippen LogP contribution is -2.05. The molecule has 29 heavy (non-hydrogen) atoms. The number of aromatic nitrogens is 2. The summed E-state index contributed by atoms with van der Waals surface area (Å²) in [6.07, 6.45) is 3.22. The first kappa shape index (κ1) is 18.4. The molecule has 0 bridgehead atoms. The summed E-state index contributed by atoms with van der Waals surface area (Å²) in [6, 6.07) is 14.4. The number of halogens is 1. The second-order valence-corrected chi connectivity index (χ2v) is 6.33. The Kier molecular flexibility index (Phi) is 4.78. The number of para-hydroxylation sites is 1. The van der Waals surface area contributed by atoms with Gasteiger partial charge in [0.05, 0.1) is 5.56 Å². The van der Waals surface area contributed by atoms with E-state index in [9.17, 15) is 14.3 Å². The van der Waals surface area contributed by atoms with Crippen LogP contribution in [0.1, 0.15) is 6.92 Å². The van der Waals surface area contributed by atoms with Crippen LogP contribution in [0.15, 0.2) is 71.4 Å². The van der Waals surface area contributed by atoms with Gasteiger partial charge < -0.3 is 9.52 Å². The van der Waals surface area contributed by atoms with Crippen molar-refractivity contribution < 1.29 is 18.7 Å². The molecule has 4 aromatic rings. The Hall–Kier alpha value is -4.00. The van der Waals surface area contributed by atoms with Crippen LogP contribution >= 0.6 is 0 Å². The molecule has 6 nitrogen and oxygen atoms in total. The van der Waals surface area contributed by atoms with Crippen molar-refractivity contribution in [2.24, 2.45) is 0 Å². The van der Waals surface area contributed by atoms with Gasteiger partial charge in [0.15, 0.2) is 0 Å². The maximum atomic E-state index is 13.2. The number of amides is 1. The maximum Gasteiger partial charge on any atom is 0.233 e. The van der Waals surface area contributed by atoms with E-state index >= 15 is 0 Å². The van der Waals surface area contributed by atoms with Crippen LogP contribution in [0, 0.1) is 5.82 Å². The van der Waals surface area contributed by atoms with Crippen molar-refractivity contribution in [1.29, 1.82) is 0 Å². The fourth-order valence-electron chi connectivity index (χ4n) is 2.96. The second-order valence-electron chi connectivity index (χ2n) is 6.33. The first-order valence-corrected chi connectivity index (χ1v) is 8.80. The van der Waals surface area contributed by atoms with E-state index in [1.54, 1.807) is 54.9 Å². The molecule has 2 aromatic heterocycles. The minimum Gasteiger partial charge on any atom is -0.506 e. The number of carbonyl (C=O) groups is 1. The normalized spacial score (nSPS) is 10.7. The van der Waals surface area contributed by atoms with Gasteiger partial charge in [-0.15, -0.1) is 0 Å². The van der Waals surface area contributed by atoms with Gasteiger partial charge >= 0.3 is 0 Å². The van der Waals surface area contributed by atoms with Crippen LogP contribution < -0.4 is 5.32 Å². The van der Waals surface area contributed by atoms with E-state index < -0.39 is 0 Å². The van der Waals surface area contributed by atoms with E-state index in [2.05, 4.69) is 15.3 Å². The first-order valence-electron chi connectivity index (χ1n) is 8.80. The summed E-state index contributed by atoms with van der Waals surface area (Å²) in [6.45, 7) is 1.36. The van der Waals surface area contributed by atoms with Crippen LogP contribution in [0.4, 0.5) is 10.3 Å². The van der Waals surface area contributed by atoms with Gasteiger partial charge in [0.1, 0.15) is 17.3 Å². The maximum absolute atomic E-state index is 13.2. The Morgan fingerprint density at radius 2 is 1.79 bits per heavy atom. The average Bonchev–Trinajstić information content (AvgIpc) is 3.12. The van der Waals surface area contributed by atoms with Crippen molar-refractivity contribution in [1.82, 2.24) is 9.97 Å². The Morgan fingerprint density at radius 3 is 2.48 bits per heavy atom. The monoisotopic (exact) mass is 389 g/mol. The van der Waals surface area contributed by atoms with E-state index in [0.29, 0.717) is 27.9 Å². The molecule has 2 N–H and O–H groups in total. The van der Waals surface area contributed by atoms with Crippen LogP contribution in [0.3, 0.4) is 0 Å². The summed E-state index contributed by atoms with van der Waals surface area (Å²) in [5.41, 5.74) is 2.54. The second kappa shape index (κ2) is 7.55. The van der Waals surface area contributed by atoms with E-state index in [-0.39, 0.29) is 29.2 Å². The smallest absolute Gasteiger partial charge is 0.233 e. The number of pyridine rings is 1. The summed E-state index contributed by atoms with van der Waals surface area (Å²) >= 11 is 0. The van der Waals surface area contributed by atoms with Gasteiger partial charge in [-0.3, -0.25) is 15.1 Å². The summed E-state index contributed by atoms with van der Waals surface area (Å²) in [7, 11) is 0. The zero-order chi connectivity index (χ0) is 20.4. The summed E-state index contributed by atoms with van der Waals surface area (Å²) in [5.74, 6) is -0.450. The highest BCUT2D eigenvalue weighted by atomic mass is 19.1. The number of rotatable bonds is 4. The molecule has 144 valence electrons. The van der Waals surface area contributed by atoms with Gasteiger partial charge in [-0.1, -0.05) is 24.3 Å². The molecule has 1 amide bonds. The van der Waals surface area contributed by atoms with E-state index in [1.165, 1.54) is 19.1 Å². The van der Waals surface area contributed by atoms with Gasteiger partial charge in [0, 0.05) is 30.4 Å². The van der Waals surface area contributed by atoms with Crippen molar-refractivity contribution in [3.63, 3.8) is 0 Å². The lowest BCUT2D eigenvalue weighted by atomic mass is 10.0. The third kappa shape index (κ3) is 3.70. The highest BCUT2D eigenvalue weighted by Crippen LogP contribution is 2.40. The van der Waals surface area contributed by atoms with Crippen molar-refractivity contribution >= 4 is 11.8 Å². The number of phenols is 1. The van der Waals surface area contributed by atoms with Crippen molar-refractivity contribution in [3.05, 3.63) is 72.8 Å². The largest absolute Gasteiger partial charge is 0.506 e. The van der Waals surface area contributed by atoms with E-state index in [4.69, 9.17) is 4.42 Å². The van der Waals surface area contributed by atoms with Crippen LogP contribution in [-0.2, 0) is 4.79 Å². The molecule has 4 rings (SSSR count). The van der Waals surface area contributed by atoms with Crippen molar-refractivity contribution in [3.8, 4) is 39.6 Å². The summed E-state index contributed by atoms with van der Waals surface area (Å²) in [5, 5.41) is 13.4. The lowest BCUT2D eigenvalue weighted by molar-refractivity contribution is -0.114. The Labute approximate surface area is 165 Å². The zero-order valence-electron chi connectivity index (χ0n) is 15.4. The SMILES string of the molecule is CC(=O)Nc1oc(-c2cccc(-c3ccc(F)cc3)c2O)nc1-c1cccnc1. The van der Waals surface area contributed by atoms with E-state index in [0.717, 1.165) is 0 Å². The molecule has 0 spiro atoms. The minimum absolute atomic E-state index is 0.0625. The number of nitrogens with one attached hydrogen (secondary N) is 1. The quantitative estimate of drug-likeness (QED) is 0.520. The number of oxazole rings is 1. The number of aromatic hydroxyl groups is 1. The third-order valence-corrected chi connectivity index (χ3v) is 4.27. The number of hydrogen-bond acceptors (Lipinski definition) is 5. The predicted octanol–water partition coefficient (Wildman–Crippen LogP) is 4.87. The summed E-state index contributed by atoms with van der Waals surface area (Å²) in [4.78, 5) is 20.1. The highest BCUT2D eigenvalue weighted by Gasteiger charge is 2.21. The molecule has 0 unspecified atom stereocenters. The van der Waals surface area contributed by atoms with Gasteiger partial charge in [0.25, 0.3) is 0 Å². The minimum atomic E-state index is -0.363. The Bertz CT molecular complexity index is 1170. The number of nitrogens with zero attached hydrogens (tertiary/aromatic N) is 2. The molecule has 2 heterocycles. The Balaban J connectivity index is 1.83. The van der Waals surface area contributed by atoms with Crippen LogP contribution in [0.25, 0.3) is 33.8 Å².